The lowest BCUT2D eigenvalue weighted by molar-refractivity contribution is -0.132. The molecule has 0 aliphatic heterocycles. The summed E-state index contributed by atoms with van der Waals surface area (Å²) in [5.41, 5.74) is 0.922. The Kier molecular flexibility index (Phi) is 5.03. The van der Waals surface area contributed by atoms with Crippen molar-refractivity contribution >= 4 is 34.0 Å². The Bertz CT molecular complexity index is 964. The first-order chi connectivity index (χ1) is 12.6. The van der Waals surface area contributed by atoms with Gasteiger partial charge >= 0.3 is 11.8 Å². The average molecular weight is 350 g/mol. The number of hydrogen-bond donors (Lipinski definition) is 2. The minimum Gasteiger partial charge on any atom is -0.497 e. The third-order valence-corrected chi connectivity index (χ3v) is 3.90. The molecule has 0 radical (unpaired) electrons. The molecule has 0 fully saturated rings. The maximum Gasteiger partial charge on any atom is 0.314 e. The van der Waals surface area contributed by atoms with Crippen molar-refractivity contribution < 1.29 is 19.1 Å². The van der Waals surface area contributed by atoms with Gasteiger partial charge in [-0.2, -0.15) is 0 Å². The van der Waals surface area contributed by atoms with E-state index in [1.165, 1.54) is 14.2 Å². The van der Waals surface area contributed by atoms with E-state index in [2.05, 4.69) is 10.6 Å². The van der Waals surface area contributed by atoms with Gasteiger partial charge < -0.3 is 20.1 Å². The second-order valence-corrected chi connectivity index (χ2v) is 5.50. The van der Waals surface area contributed by atoms with Crippen molar-refractivity contribution in [1.82, 2.24) is 0 Å². The standard InChI is InChI=1S/C20H18N2O4/c1-25-14-10-11-18(26-2)17(12-14)22-20(24)19(23)21-16-9-5-7-13-6-3-4-8-15(13)16/h3-12H,1-2H3,(H,21,23)(H,22,24). The lowest BCUT2D eigenvalue weighted by Gasteiger charge is -2.12. The first kappa shape index (κ1) is 17.3. The molecule has 3 aromatic carbocycles. The van der Waals surface area contributed by atoms with Gasteiger partial charge in [-0.05, 0) is 23.6 Å². The van der Waals surface area contributed by atoms with E-state index < -0.39 is 11.8 Å². The lowest BCUT2D eigenvalue weighted by atomic mass is 10.1. The zero-order chi connectivity index (χ0) is 18.5. The monoisotopic (exact) mass is 350 g/mol. The quantitative estimate of drug-likeness (QED) is 0.707. The summed E-state index contributed by atoms with van der Waals surface area (Å²) in [5, 5.41) is 7.03. The van der Waals surface area contributed by atoms with Gasteiger partial charge in [-0.15, -0.1) is 0 Å². The van der Waals surface area contributed by atoms with Crippen molar-refractivity contribution in [2.24, 2.45) is 0 Å². The van der Waals surface area contributed by atoms with E-state index in [4.69, 9.17) is 9.47 Å². The highest BCUT2D eigenvalue weighted by atomic mass is 16.5. The minimum absolute atomic E-state index is 0.352. The molecule has 0 aliphatic carbocycles. The van der Waals surface area contributed by atoms with Gasteiger partial charge in [0.05, 0.1) is 19.9 Å². The molecule has 2 amide bonds. The number of benzene rings is 3. The van der Waals surface area contributed by atoms with Crippen LogP contribution in [0.25, 0.3) is 10.8 Å². The van der Waals surface area contributed by atoms with Crippen LogP contribution in [0.3, 0.4) is 0 Å². The number of hydrogen-bond acceptors (Lipinski definition) is 4. The normalized spacial score (nSPS) is 10.2. The van der Waals surface area contributed by atoms with E-state index in [0.717, 1.165) is 10.8 Å². The van der Waals surface area contributed by atoms with Gasteiger partial charge in [0.25, 0.3) is 0 Å². The largest absolute Gasteiger partial charge is 0.497 e. The molecule has 0 saturated carbocycles. The number of ether oxygens (including phenoxy) is 2. The molecule has 0 aliphatic rings. The third-order valence-electron chi connectivity index (χ3n) is 3.90. The molecule has 6 nitrogen and oxygen atoms in total. The van der Waals surface area contributed by atoms with E-state index in [1.807, 2.05) is 36.4 Å². The van der Waals surface area contributed by atoms with E-state index in [9.17, 15) is 9.59 Å². The zero-order valence-electron chi connectivity index (χ0n) is 14.4. The summed E-state index contributed by atoms with van der Waals surface area (Å²) in [6, 6.07) is 18.0. The molecule has 0 unspecified atom stereocenters. The SMILES string of the molecule is COc1ccc(OC)c(NC(=O)C(=O)Nc2cccc3ccccc23)c1. The number of nitrogens with one attached hydrogen (secondary N) is 2. The average Bonchev–Trinajstić information content (AvgIpc) is 2.68. The Labute approximate surface area is 150 Å². The second-order valence-electron chi connectivity index (χ2n) is 5.50. The Morgan fingerprint density at radius 2 is 1.46 bits per heavy atom. The maximum absolute atomic E-state index is 12.3. The van der Waals surface area contributed by atoms with Crippen LogP contribution in [0.1, 0.15) is 0 Å². The second kappa shape index (κ2) is 7.57. The summed E-state index contributed by atoms with van der Waals surface area (Å²) >= 11 is 0. The van der Waals surface area contributed by atoms with Gasteiger partial charge in [0, 0.05) is 17.1 Å². The van der Waals surface area contributed by atoms with Gasteiger partial charge in [-0.3, -0.25) is 9.59 Å². The molecule has 0 bridgehead atoms. The number of carbonyl (C=O) groups excluding carboxylic acids is 2. The molecule has 0 heterocycles. The summed E-state index contributed by atoms with van der Waals surface area (Å²) in [5.74, 6) is -0.608. The molecule has 2 N–H and O–H groups in total. The van der Waals surface area contributed by atoms with Crippen LogP contribution in [0.4, 0.5) is 11.4 Å². The van der Waals surface area contributed by atoms with E-state index in [-0.39, 0.29) is 0 Å². The van der Waals surface area contributed by atoms with Crippen LogP contribution >= 0.6 is 0 Å². The van der Waals surface area contributed by atoms with Crippen molar-refractivity contribution in [2.75, 3.05) is 24.9 Å². The molecule has 0 spiro atoms. The summed E-state index contributed by atoms with van der Waals surface area (Å²) in [6.07, 6.45) is 0. The summed E-state index contributed by atoms with van der Waals surface area (Å²) in [4.78, 5) is 24.6. The van der Waals surface area contributed by atoms with Gasteiger partial charge in [0.1, 0.15) is 11.5 Å². The van der Waals surface area contributed by atoms with E-state index in [1.54, 1.807) is 24.3 Å². The van der Waals surface area contributed by atoms with Gasteiger partial charge in [0.2, 0.25) is 0 Å². The van der Waals surface area contributed by atoms with Crippen molar-refractivity contribution in [1.29, 1.82) is 0 Å². The molecule has 0 aromatic heterocycles. The Morgan fingerprint density at radius 3 is 2.19 bits per heavy atom. The minimum atomic E-state index is -0.801. The zero-order valence-corrected chi connectivity index (χ0v) is 14.4. The number of carbonyl (C=O) groups is 2. The molecular formula is C20H18N2O4. The van der Waals surface area contributed by atoms with E-state index >= 15 is 0 Å². The van der Waals surface area contributed by atoms with Crippen LogP contribution in [0.15, 0.2) is 60.7 Å². The van der Waals surface area contributed by atoms with Gasteiger partial charge in [-0.1, -0.05) is 36.4 Å². The van der Waals surface area contributed by atoms with Crippen LogP contribution in [-0.4, -0.2) is 26.0 Å². The van der Waals surface area contributed by atoms with Gasteiger partial charge in [0.15, 0.2) is 0 Å². The Morgan fingerprint density at radius 1 is 0.769 bits per heavy atom. The van der Waals surface area contributed by atoms with Crippen molar-refractivity contribution in [3.8, 4) is 11.5 Å². The van der Waals surface area contributed by atoms with Crippen LogP contribution in [0.5, 0.6) is 11.5 Å². The highest BCUT2D eigenvalue weighted by Gasteiger charge is 2.17. The Balaban J connectivity index is 1.79. The first-order valence-electron chi connectivity index (χ1n) is 7.94. The predicted octanol–water partition coefficient (Wildman–Crippen LogP) is 3.43. The van der Waals surface area contributed by atoms with Crippen LogP contribution in [0.2, 0.25) is 0 Å². The molecule has 0 saturated heterocycles. The first-order valence-corrected chi connectivity index (χ1v) is 7.94. The molecule has 6 heteroatoms. The number of amides is 2. The van der Waals surface area contributed by atoms with Gasteiger partial charge in [-0.25, -0.2) is 0 Å². The van der Waals surface area contributed by atoms with Crippen LogP contribution < -0.4 is 20.1 Å². The summed E-state index contributed by atoms with van der Waals surface area (Å²) < 4.78 is 10.3. The summed E-state index contributed by atoms with van der Waals surface area (Å²) in [7, 11) is 2.99. The number of anilines is 2. The fourth-order valence-corrected chi connectivity index (χ4v) is 2.60. The summed E-state index contributed by atoms with van der Waals surface area (Å²) in [6.45, 7) is 0. The molecule has 0 atom stereocenters. The highest BCUT2D eigenvalue weighted by molar-refractivity contribution is 6.44. The maximum atomic E-state index is 12.3. The highest BCUT2D eigenvalue weighted by Crippen LogP contribution is 2.29. The van der Waals surface area contributed by atoms with Crippen molar-refractivity contribution in [2.45, 2.75) is 0 Å². The van der Waals surface area contributed by atoms with Crippen molar-refractivity contribution in [3.05, 3.63) is 60.7 Å². The molecule has 3 aromatic rings. The van der Waals surface area contributed by atoms with Crippen LogP contribution in [-0.2, 0) is 9.59 Å². The molecule has 3 rings (SSSR count). The Hall–Kier alpha value is -3.54. The smallest absolute Gasteiger partial charge is 0.314 e. The van der Waals surface area contributed by atoms with E-state index in [0.29, 0.717) is 22.9 Å². The topological polar surface area (TPSA) is 76.7 Å². The van der Waals surface area contributed by atoms with Crippen LogP contribution in [0, 0.1) is 0 Å². The molecule has 26 heavy (non-hydrogen) atoms. The molecule has 132 valence electrons. The number of fused-ring (bicyclic) bond motifs is 1. The number of methoxy groups -OCH3 is 2. The molecular weight excluding hydrogens is 332 g/mol. The number of rotatable bonds is 4. The fraction of sp³-hybridized carbons (Fsp3) is 0.100. The van der Waals surface area contributed by atoms with Crippen molar-refractivity contribution in [3.63, 3.8) is 0 Å². The fourth-order valence-electron chi connectivity index (χ4n) is 2.60. The lowest BCUT2D eigenvalue weighted by Crippen LogP contribution is -2.29. The predicted molar refractivity (Wildman–Crippen MR) is 101 cm³/mol. The third kappa shape index (κ3) is 3.59.